The molecular formula is C26H38FNO16. The number of ether oxygens (including phenoxy) is 10. The minimum absolute atomic E-state index is 0.282. The summed E-state index contributed by atoms with van der Waals surface area (Å²) in [4.78, 5) is 71.2. The molecule has 0 saturated carbocycles. The highest BCUT2D eigenvalue weighted by atomic mass is 19.1. The van der Waals surface area contributed by atoms with Crippen molar-refractivity contribution in [3.63, 3.8) is 0 Å². The first kappa shape index (κ1) is 36.6. The van der Waals surface area contributed by atoms with Gasteiger partial charge in [0.25, 0.3) is 0 Å². The number of carbonyl (C=O) groups excluding carboxylic acids is 6. The number of rotatable bonds is 13. The molecule has 2 rings (SSSR count). The molecule has 0 aromatic heterocycles. The molecular weight excluding hydrogens is 601 g/mol. The largest absolute Gasteiger partial charge is 0.463 e. The number of esters is 5. The van der Waals surface area contributed by atoms with Crippen LogP contribution in [0.5, 0.6) is 0 Å². The van der Waals surface area contributed by atoms with Crippen LogP contribution >= 0.6 is 0 Å². The molecule has 10 atom stereocenters. The quantitative estimate of drug-likeness (QED) is 0.204. The number of halogens is 1. The molecule has 17 nitrogen and oxygen atoms in total. The standard InChI is InChI=1S/C26H38FNO16/c1-11-17(9-36-12(2)29)41-24(35-8-7-27)22(19(11)38-14(4)31)43-25-23(40-16(6)33)21(44-26(28)34)20(39-15(5)32)18(42-25)10-37-13(3)30/h11,17-25H,7-10H2,1-6H3,(H2,28,34)/t11-,17+,18-,19+,20-,21+,22+,23+,24+,25-/m1/s1. The van der Waals surface area contributed by atoms with Gasteiger partial charge in [-0.1, -0.05) is 6.92 Å². The van der Waals surface area contributed by atoms with E-state index >= 15 is 0 Å². The Kier molecular flexibility index (Phi) is 14.2. The molecule has 2 aliphatic rings. The SMILES string of the molecule is CC(=O)OC[C@@H]1O[C@H](OCCF)[C@@H](O[C@H]2O[C@H](COC(C)=O)[C@@H](OC(C)=O)[C@H](OC(N)=O)[C@@H]2OC(C)=O)[C@@H](OC(C)=O)[C@@H]1C. The average Bonchev–Trinajstić information content (AvgIpc) is 2.90. The number of amides is 1. The second kappa shape index (κ2) is 17.0. The Hall–Kier alpha value is -3.61. The van der Waals surface area contributed by atoms with E-state index in [1.54, 1.807) is 6.92 Å². The lowest BCUT2D eigenvalue weighted by Crippen LogP contribution is -2.66. The Morgan fingerprint density at radius 2 is 1.14 bits per heavy atom. The number of primary amides is 1. The molecule has 2 fully saturated rings. The van der Waals surface area contributed by atoms with Crippen LogP contribution in [0.25, 0.3) is 0 Å². The van der Waals surface area contributed by atoms with Crippen molar-refractivity contribution >= 4 is 35.9 Å². The molecule has 0 aromatic carbocycles. The van der Waals surface area contributed by atoms with E-state index < -0.39 is 117 Å². The van der Waals surface area contributed by atoms with Crippen LogP contribution < -0.4 is 5.73 Å². The molecule has 0 unspecified atom stereocenters. The lowest BCUT2D eigenvalue weighted by molar-refractivity contribution is -0.363. The maximum absolute atomic E-state index is 13.2. The molecule has 2 N–H and O–H groups in total. The van der Waals surface area contributed by atoms with E-state index in [9.17, 15) is 33.2 Å². The Balaban J connectivity index is 2.59. The number of hydrogen-bond donors (Lipinski definition) is 1. The molecule has 2 aliphatic heterocycles. The van der Waals surface area contributed by atoms with Gasteiger partial charge in [-0.05, 0) is 0 Å². The molecule has 0 aromatic rings. The van der Waals surface area contributed by atoms with Crippen LogP contribution in [0.3, 0.4) is 0 Å². The van der Waals surface area contributed by atoms with Crippen molar-refractivity contribution in [3.05, 3.63) is 0 Å². The topological polar surface area (TPSA) is 221 Å². The maximum Gasteiger partial charge on any atom is 0.405 e. The summed E-state index contributed by atoms with van der Waals surface area (Å²) in [7, 11) is 0. The molecule has 250 valence electrons. The smallest absolute Gasteiger partial charge is 0.405 e. The van der Waals surface area contributed by atoms with Gasteiger partial charge in [0, 0.05) is 40.5 Å². The first-order valence-electron chi connectivity index (χ1n) is 13.5. The molecule has 44 heavy (non-hydrogen) atoms. The zero-order valence-electron chi connectivity index (χ0n) is 25.1. The second-order valence-electron chi connectivity index (χ2n) is 9.83. The van der Waals surface area contributed by atoms with Crippen molar-refractivity contribution < 1.29 is 80.5 Å². The van der Waals surface area contributed by atoms with Crippen molar-refractivity contribution in [1.82, 2.24) is 0 Å². The van der Waals surface area contributed by atoms with Gasteiger partial charge in [-0.25, -0.2) is 9.18 Å². The summed E-state index contributed by atoms with van der Waals surface area (Å²) in [5.41, 5.74) is 5.27. The lowest BCUT2D eigenvalue weighted by atomic mass is 9.90. The Morgan fingerprint density at radius 3 is 1.64 bits per heavy atom. The van der Waals surface area contributed by atoms with E-state index in [2.05, 4.69) is 0 Å². The van der Waals surface area contributed by atoms with Crippen LogP contribution in [0.15, 0.2) is 0 Å². The summed E-state index contributed by atoms with van der Waals surface area (Å²) >= 11 is 0. The van der Waals surface area contributed by atoms with E-state index in [1.807, 2.05) is 0 Å². The third-order valence-electron chi connectivity index (χ3n) is 6.31. The fourth-order valence-corrected chi connectivity index (χ4v) is 4.63. The molecule has 0 bridgehead atoms. The summed E-state index contributed by atoms with van der Waals surface area (Å²) in [6.45, 7) is 4.75. The number of hydrogen-bond acceptors (Lipinski definition) is 16. The third kappa shape index (κ3) is 10.8. The average molecular weight is 640 g/mol. The molecule has 18 heteroatoms. The van der Waals surface area contributed by atoms with Crippen LogP contribution in [0.2, 0.25) is 0 Å². The van der Waals surface area contributed by atoms with Crippen molar-refractivity contribution in [3.8, 4) is 0 Å². The van der Waals surface area contributed by atoms with Crippen molar-refractivity contribution in [2.45, 2.75) is 96.9 Å². The third-order valence-corrected chi connectivity index (χ3v) is 6.31. The fraction of sp³-hybridized carbons (Fsp3) is 0.769. The van der Waals surface area contributed by atoms with E-state index in [4.69, 9.17) is 53.1 Å². The van der Waals surface area contributed by atoms with Crippen LogP contribution in [-0.2, 0) is 71.3 Å². The van der Waals surface area contributed by atoms with E-state index in [1.165, 1.54) is 6.92 Å². The summed E-state index contributed by atoms with van der Waals surface area (Å²) in [5.74, 6) is -4.65. The lowest BCUT2D eigenvalue weighted by Gasteiger charge is -2.48. The Labute approximate surface area is 251 Å². The fourth-order valence-electron chi connectivity index (χ4n) is 4.63. The van der Waals surface area contributed by atoms with Crippen molar-refractivity contribution in [2.24, 2.45) is 11.7 Å². The van der Waals surface area contributed by atoms with Gasteiger partial charge in [0.1, 0.15) is 44.3 Å². The van der Waals surface area contributed by atoms with Crippen LogP contribution in [0, 0.1) is 5.92 Å². The van der Waals surface area contributed by atoms with Gasteiger partial charge in [0.15, 0.2) is 30.9 Å². The summed E-state index contributed by atoms with van der Waals surface area (Å²) in [5, 5.41) is 0. The second-order valence-corrected chi connectivity index (χ2v) is 9.83. The highest BCUT2D eigenvalue weighted by molar-refractivity contribution is 5.68. The molecule has 2 heterocycles. The number of carbonyl (C=O) groups is 6. The van der Waals surface area contributed by atoms with Crippen LogP contribution in [-0.4, -0.2) is 118 Å². The van der Waals surface area contributed by atoms with Crippen LogP contribution in [0.1, 0.15) is 41.5 Å². The Bertz CT molecular complexity index is 1040. The zero-order chi connectivity index (χ0) is 33.1. The van der Waals surface area contributed by atoms with Gasteiger partial charge in [-0.3, -0.25) is 24.0 Å². The molecule has 0 radical (unpaired) electrons. The molecule has 1 amide bonds. The first-order valence-corrected chi connectivity index (χ1v) is 13.5. The van der Waals surface area contributed by atoms with Crippen molar-refractivity contribution in [1.29, 1.82) is 0 Å². The van der Waals surface area contributed by atoms with E-state index in [-0.39, 0.29) is 6.61 Å². The number of alkyl halides is 1. The zero-order valence-corrected chi connectivity index (χ0v) is 25.1. The minimum atomic E-state index is -1.74. The predicted octanol–water partition coefficient (Wildman–Crippen LogP) is -0.171. The van der Waals surface area contributed by atoms with E-state index in [0.717, 1.165) is 27.7 Å². The molecule has 0 aliphatic carbocycles. The summed E-state index contributed by atoms with van der Waals surface area (Å²) in [6.07, 6.45) is -14.4. The van der Waals surface area contributed by atoms with Gasteiger partial charge in [0.05, 0.1) is 6.61 Å². The van der Waals surface area contributed by atoms with E-state index in [0.29, 0.717) is 0 Å². The highest BCUT2D eigenvalue weighted by Gasteiger charge is 2.56. The minimum Gasteiger partial charge on any atom is -0.463 e. The van der Waals surface area contributed by atoms with Gasteiger partial charge in [-0.15, -0.1) is 0 Å². The van der Waals surface area contributed by atoms with Crippen LogP contribution in [0.4, 0.5) is 9.18 Å². The normalized spacial score (nSPS) is 31.6. The molecule has 0 spiro atoms. The first-order chi connectivity index (χ1) is 20.6. The van der Waals surface area contributed by atoms with Gasteiger partial charge >= 0.3 is 35.9 Å². The van der Waals surface area contributed by atoms with Gasteiger partial charge < -0.3 is 53.1 Å². The summed E-state index contributed by atoms with van der Waals surface area (Å²) < 4.78 is 68.2. The number of nitrogens with two attached hydrogens (primary N) is 1. The maximum atomic E-state index is 13.2. The van der Waals surface area contributed by atoms with Gasteiger partial charge in [0.2, 0.25) is 0 Å². The highest BCUT2D eigenvalue weighted by Crippen LogP contribution is 2.36. The predicted molar refractivity (Wildman–Crippen MR) is 138 cm³/mol. The summed E-state index contributed by atoms with van der Waals surface area (Å²) in [6, 6.07) is 0. The van der Waals surface area contributed by atoms with Gasteiger partial charge in [-0.2, -0.15) is 0 Å². The molecule has 2 saturated heterocycles. The van der Waals surface area contributed by atoms with Crippen molar-refractivity contribution in [2.75, 3.05) is 26.5 Å². The Morgan fingerprint density at radius 1 is 0.636 bits per heavy atom. The monoisotopic (exact) mass is 639 g/mol.